The van der Waals surface area contributed by atoms with Gasteiger partial charge in [0.2, 0.25) is 5.91 Å². The number of nitro benzene ring substituents is 1. The van der Waals surface area contributed by atoms with Crippen molar-refractivity contribution in [2.75, 3.05) is 11.1 Å². The molecule has 0 aromatic heterocycles. The summed E-state index contributed by atoms with van der Waals surface area (Å²) in [6.45, 7) is 0. The van der Waals surface area contributed by atoms with Crippen molar-refractivity contribution in [2.45, 2.75) is 6.42 Å². The van der Waals surface area contributed by atoms with Gasteiger partial charge in [-0.3, -0.25) is 14.9 Å². The van der Waals surface area contributed by atoms with E-state index in [1.807, 2.05) is 0 Å². The van der Waals surface area contributed by atoms with E-state index < -0.39 is 16.6 Å². The summed E-state index contributed by atoms with van der Waals surface area (Å²) in [5.41, 5.74) is 6.27. The highest BCUT2D eigenvalue weighted by atomic mass is 19.1. The predicted octanol–water partition coefficient (Wildman–Crippen LogP) is 2.50. The molecule has 2 aromatic rings. The van der Waals surface area contributed by atoms with Gasteiger partial charge in [0.25, 0.3) is 5.69 Å². The van der Waals surface area contributed by atoms with Crippen LogP contribution in [0.4, 0.5) is 21.5 Å². The summed E-state index contributed by atoms with van der Waals surface area (Å²) in [6.07, 6.45) is 0.00788. The number of rotatable bonds is 4. The van der Waals surface area contributed by atoms with E-state index in [0.29, 0.717) is 11.3 Å². The molecular formula is C14H12FN3O3. The fourth-order valence-electron chi connectivity index (χ4n) is 1.78. The minimum Gasteiger partial charge on any atom is -0.399 e. The molecule has 0 saturated carbocycles. The van der Waals surface area contributed by atoms with E-state index in [1.165, 1.54) is 0 Å². The second kappa shape index (κ2) is 6.00. The Kier molecular flexibility index (Phi) is 4.13. The minimum atomic E-state index is -0.682. The molecule has 3 N–H and O–H groups in total. The zero-order valence-electron chi connectivity index (χ0n) is 10.9. The average Bonchev–Trinajstić information content (AvgIpc) is 2.41. The molecule has 2 aromatic carbocycles. The molecule has 0 unspecified atom stereocenters. The molecule has 0 heterocycles. The van der Waals surface area contributed by atoms with E-state index in [2.05, 4.69) is 5.32 Å². The van der Waals surface area contributed by atoms with Crippen LogP contribution in [0.5, 0.6) is 0 Å². The Hall–Kier alpha value is -2.96. The highest BCUT2D eigenvalue weighted by Gasteiger charge is 2.16. The van der Waals surface area contributed by atoms with Crippen molar-refractivity contribution in [3.8, 4) is 0 Å². The lowest BCUT2D eigenvalue weighted by Gasteiger charge is -2.06. The minimum absolute atomic E-state index is 0.00788. The number of nitrogens with two attached hydrogens (primary N) is 1. The van der Waals surface area contributed by atoms with Crippen molar-refractivity contribution in [1.82, 2.24) is 0 Å². The molecule has 7 heteroatoms. The quantitative estimate of drug-likeness (QED) is 0.513. The maximum absolute atomic E-state index is 13.1. The van der Waals surface area contributed by atoms with E-state index >= 15 is 0 Å². The van der Waals surface area contributed by atoms with Gasteiger partial charge in [-0.1, -0.05) is 12.1 Å². The lowest BCUT2D eigenvalue weighted by molar-refractivity contribution is -0.384. The number of nitrogens with zero attached hydrogens (tertiary/aromatic N) is 1. The largest absolute Gasteiger partial charge is 0.399 e. The number of nitro groups is 1. The van der Waals surface area contributed by atoms with Gasteiger partial charge in [0.1, 0.15) is 11.5 Å². The van der Waals surface area contributed by atoms with Crippen LogP contribution in [0.2, 0.25) is 0 Å². The second-order valence-corrected chi connectivity index (χ2v) is 4.39. The van der Waals surface area contributed by atoms with Crippen molar-refractivity contribution in [1.29, 1.82) is 0 Å². The molecule has 0 aliphatic heterocycles. The summed E-state index contributed by atoms with van der Waals surface area (Å²) < 4.78 is 13.1. The first-order valence-corrected chi connectivity index (χ1v) is 6.04. The number of hydrogen-bond acceptors (Lipinski definition) is 4. The van der Waals surface area contributed by atoms with Crippen molar-refractivity contribution >= 4 is 23.0 Å². The van der Waals surface area contributed by atoms with Crippen molar-refractivity contribution in [3.05, 3.63) is 64.0 Å². The molecule has 2 rings (SSSR count). The molecule has 0 saturated heterocycles. The Balaban J connectivity index is 2.14. The van der Waals surface area contributed by atoms with E-state index in [9.17, 15) is 19.3 Å². The number of halogens is 1. The molecule has 0 spiro atoms. The number of benzene rings is 2. The lowest BCUT2D eigenvalue weighted by Crippen LogP contribution is -2.15. The molecule has 0 aliphatic rings. The standard InChI is InChI=1S/C14H12FN3O3/c15-10-3-6-13(18(20)21)12(8-10)17-14(19)7-9-1-4-11(16)5-2-9/h1-6,8H,7,16H2,(H,17,19). The van der Waals surface area contributed by atoms with Crippen LogP contribution < -0.4 is 11.1 Å². The van der Waals surface area contributed by atoms with Gasteiger partial charge in [-0.15, -0.1) is 0 Å². The second-order valence-electron chi connectivity index (χ2n) is 4.39. The van der Waals surface area contributed by atoms with Gasteiger partial charge in [0, 0.05) is 17.8 Å². The molecule has 21 heavy (non-hydrogen) atoms. The zero-order valence-corrected chi connectivity index (χ0v) is 10.9. The summed E-state index contributed by atoms with van der Waals surface area (Å²) in [5, 5.41) is 13.2. The number of carbonyl (C=O) groups is 1. The van der Waals surface area contributed by atoms with E-state index in [4.69, 9.17) is 5.73 Å². The molecule has 0 bridgehead atoms. The van der Waals surface area contributed by atoms with Crippen LogP contribution in [0, 0.1) is 15.9 Å². The Bertz CT molecular complexity index is 686. The van der Waals surface area contributed by atoms with Crippen LogP contribution in [0.3, 0.4) is 0 Å². The first kappa shape index (κ1) is 14.4. The molecule has 6 nitrogen and oxygen atoms in total. The number of nitrogen functional groups attached to an aromatic ring is 1. The Labute approximate surface area is 119 Å². The molecule has 0 aliphatic carbocycles. The molecule has 0 fully saturated rings. The summed E-state index contributed by atoms with van der Waals surface area (Å²) in [7, 11) is 0. The summed E-state index contributed by atoms with van der Waals surface area (Å²) in [5.74, 6) is -1.14. The van der Waals surface area contributed by atoms with Crippen LogP contribution in [0.15, 0.2) is 42.5 Å². The fraction of sp³-hybridized carbons (Fsp3) is 0.0714. The number of carbonyl (C=O) groups excluding carboxylic acids is 1. The summed E-state index contributed by atoms with van der Waals surface area (Å²) in [4.78, 5) is 22.0. The van der Waals surface area contributed by atoms with Crippen LogP contribution in [-0.4, -0.2) is 10.8 Å². The number of anilines is 2. The first-order chi connectivity index (χ1) is 9.95. The van der Waals surface area contributed by atoms with Gasteiger partial charge >= 0.3 is 0 Å². The smallest absolute Gasteiger partial charge is 0.292 e. The van der Waals surface area contributed by atoms with E-state index in [1.54, 1.807) is 24.3 Å². The van der Waals surface area contributed by atoms with Crippen molar-refractivity contribution in [2.24, 2.45) is 0 Å². The SMILES string of the molecule is Nc1ccc(CC(=O)Nc2cc(F)ccc2[N+](=O)[O-])cc1. The maximum Gasteiger partial charge on any atom is 0.292 e. The lowest BCUT2D eigenvalue weighted by atomic mass is 10.1. The fourth-order valence-corrected chi connectivity index (χ4v) is 1.78. The number of amides is 1. The number of nitrogens with one attached hydrogen (secondary N) is 1. The van der Waals surface area contributed by atoms with Gasteiger partial charge in [-0.2, -0.15) is 0 Å². The van der Waals surface area contributed by atoms with Crippen LogP contribution in [-0.2, 0) is 11.2 Å². The van der Waals surface area contributed by atoms with Crippen LogP contribution in [0.1, 0.15) is 5.56 Å². The summed E-state index contributed by atoms with van der Waals surface area (Å²) >= 11 is 0. The zero-order chi connectivity index (χ0) is 15.4. The first-order valence-electron chi connectivity index (χ1n) is 6.04. The van der Waals surface area contributed by atoms with Gasteiger partial charge in [-0.25, -0.2) is 4.39 Å². The maximum atomic E-state index is 13.1. The summed E-state index contributed by atoms with van der Waals surface area (Å²) in [6, 6.07) is 9.53. The van der Waals surface area contributed by atoms with Gasteiger partial charge < -0.3 is 11.1 Å². The topological polar surface area (TPSA) is 98.3 Å². The predicted molar refractivity (Wildman–Crippen MR) is 76.2 cm³/mol. The van der Waals surface area contributed by atoms with Crippen LogP contribution >= 0.6 is 0 Å². The van der Waals surface area contributed by atoms with Crippen molar-refractivity contribution in [3.63, 3.8) is 0 Å². The number of hydrogen-bond donors (Lipinski definition) is 2. The van der Waals surface area contributed by atoms with E-state index in [-0.39, 0.29) is 17.8 Å². The Morgan fingerprint density at radius 2 is 1.90 bits per heavy atom. The Morgan fingerprint density at radius 1 is 1.24 bits per heavy atom. The third kappa shape index (κ3) is 3.75. The van der Waals surface area contributed by atoms with Crippen molar-refractivity contribution < 1.29 is 14.1 Å². The van der Waals surface area contributed by atoms with Gasteiger partial charge in [0.05, 0.1) is 11.3 Å². The van der Waals surface area contributed by atoms with Crippen LogP contribution in [0.25, 0.3) is 0 Å². The molecule has 0 atom stereocenters. The molecule has 108 valence electrons. The highest BCUT2D eigenvalue weighted by molar-refractivity contribution is 5.94. The Morgan fingerprint density at radius 3 is 2.52 bits per heavy atom. The van der Waals surface area contributed by atoms with Gasteiger partial charge in [0.15, 0.2) is 0 Å². The van der Waals surface area contributed by atoms with Gasteiger partial charge in [-0.05, 0) is 23.8 Å². The normalized spacial score (nSPS) is 10.1. The third-order valence-corrected chi connectivity index (χ3v) is 2.77. The molecule has 0 radical (unpaired) electrons. The highest BCUT2D eigenvalue weighted by Crippen LogP contribution is 2.25. The average molecular weight is 289 g/mol. The molecule has 1 amide bonds. The van der Waals surface area contributed by atoms with E-state index in [0.717, 1.165) is 18.2 Å². The monoisotopic (exact) mass is 289 g/mol. The molecular weight excluding hydrogens is 277 g/mol. The third-order valence-electron chi connectivity index (χ3n) is 2.77.